The van der Waals surface area contributed by atoms with E-state index in [1.54, 1.807) is 19.2 Å². The summed E-state index contributed by atoms with van der Waals surface area (Å²) in [6.45, 7) is 1.06. The number of methoxy groups -OCH3 is 1. The molecule has 1 atom stereocenters. The van der Waals surface area contributed by atoms with E-state index in [9.17, 15) is 26.3 Å². The van der Waals surface area contributed by atoms with Crippen molar-refractivity contribution in [3.8, 4) is 22.6 Å². The Kier molecular flexibility index (Phi) is 7.87. The van der Waals surface area contributed by atoms with Crippen LogP contribution in [0.2, 0.25) is 0 Å². The van der Waals surface area contributed by atoms with Crippen LogP contribution < -0.4 is 14.4 Å². The van der Waals surface area contributed by atoms with Crippen molar-refractivity contribution in [3.05, 3.63) is 77.9 Å². The van der Waals surface area contributed by atoms with Gasteiger partial charge in [0.05, 0.1) is 6.04 Å². The number of ether oxygens (including phenoxy) is 3. The van der Waals surface area contributed by atoms with Gasteiger partial charge in [-0.1, -0.05) is 36.4 Å². The van der Waals surface area contributed by atoms with Gasteiger partial charge >= 0.3 is 12.7 Å². The molecule has 198 valence electrons. The van der Waals surface area contributed by atoms with Gasteiger partial charge in [0.2, 0.25) is 0 Å². The Morgan fingerprint density at radius 2 is 1.49 bits per heavy atom. The number of benzene rings is 3. The molecule has 0 radical (unpaired) electrons. The lowest BCUT2D eigenvalue weighted by Gasteiger charge is -2.40. The van der Waals surface area contributed by atoms with Crippen molar-refractivity contribution in [2.75, 3.05) is 25.2 Å². The number of fused-ring (bicyclic) bond motifs is 1. The van der Waals surface area contributed by atoms with Crippen molar-refractivity contribution in [1.82, 2.24) is 0 Å². The van der Waals surface area contributed by atoms with Crippen LogP contribution in [0.15, 0.2) is 66.7 Å². The van der Waals surface area contributed by atoms with Crippen molar-refractivity contribution in [3.63, 3.8) is 0 Å². The summed E-state index contributed by atoms with van der Waals surface area (Å²) in [5, 5.41) is 0. The molecule has 37 heavy (non-hydrogen) atoms. The third-order valence-corrected chi connectivity index (χ3v) is 6.11. The molecule has 0 fully saturated rings. The standard InChI is InChI=1S/C27H25F6NO3/c1-35-15-5-14-34-24(19-7-3-9-21(17-19)37-27(31,32)33)13-12-23-22(10-4-11-25(23)34)18-6-2-8-20(16-18)36-26(28,29)30/h2-4,6-11,16-17,24H,5,12-15H2,1H3. The highest BCUT2D eigenvalue weighted by molar-refractivity contribution is 5.76. The average Bonchev–Trinajstić information content (AvgIpc) is 2.82. The van der Waals surface area contributed by atoms with E-state index in [2.05, 4.69) is 14.4 Å². The molecule has 1 aliphatic heterocycles. The van der Waals surface area contributed by atoms with Crippen molar-refractivity contribution in [2.24, 2.45) is 0 Å². The van der Waals surface area contributed by atoms with E-state index in [-0.39, 0.29) is 17.5 Å². The van der Waals surface area contributed by atoms with Gasteiger partial charge in [0.25, 0.3) is 0 Å². The first-order valence-corrected chi connectivity index (χ1v) is 11.6. The van der Waals surface area contributed by atoms with Crippen molar-refractivity contribution < 1.29 is 40.6 Å². The lowest BCUT2D eigenvalue weighted by atomic mass is 9.86. The molecule has 0 aromatic heterocycles. The predicted octanol–water partition coefficient (Wildman–Crippen LogP) is 7.68. The molecule has 0 amide bonds. The topological polar surface area (TPSA) is 30.9 Å². The highest BCUT2D eigenvalue weighted by atomic mass is 19.4. The van der Waals surface area contributed by atoms with Gasteiger partial charge in [0.15, 0.2) is 0 Å². The Hall–Kier alpha value is -3.40. The molecule has 10 heteroatoms. The normalized spacial score (nSPS) is 15.9. The molecule has 4 rings (SSSR count). The highest BCUT2D eigenvalue weighted by Gasteiger charge is 2.33. The third kappa shape index (κ3) is 6.88. The zero-order chi connectivity index (χ0) is 26.6. The van der Waals surface area contributed by atoms with E-state index < -0.39 is 12.7 Å². The Labute approximate surface area is 210 Å². The number of hydrogen-bond acceptors (Lipinski definition) is 4. The molecule has 1 heterocycles. The van der Waals surface area contributed by atoms with E-state index in [1.165, 1.54) is 36.4 Å². The zero-order valence-corrected chi connectivity index (χ0v) is 19.9. The Balaban J connectivity index is 1.71. The number of anilines is 1. The molecule has 0 spiro atoms. The predicted molar refractivity (Wildman–Crippen MR) is 127 cm³/mol. The van der Waals surface area contributed by atoms with Crippen LogP contribution in [0.4, 0.5) is 32.0 Å². The van der Waals surface area contributed by atoms with Crippen LogP contribution in [-0.4, -0.2) is 33.0 Å². The molecule has 0 aliphatic carbocycles. The fraction of sp³-hybridized carbons (Fsp3) is 0.333. The largest absolute Gasteiger partial charge is 0.573 e. The van der Waals surface area contributed by atoms with Crippen LogP contribution in [-0.2, 0) is 11.2 Å². The first-order chi connectivity index (χ1) is 17.5. The smallest absolute Gasteiger partial charge is 0.406 e. The highest BCUT2D eigenvalue weighted by Crippen LogP contribution is 2.44. The fourth-order valence-electron chi connectivity index (χ4n) is 4.76. The minimum atomic E-state index is -4.80. The van der Waals surface area contributed by atoms with Crippen LogP contribution >= 0.6 is 0 Å². The number of hydrogen-bond donors (Lipinski definition) is 0. The van der Waals surface area contributed by atoms with Gasteiger partial charge in [-0.15, -0.1) is 26.3 Å². The van der Waals surface area contributed by atoms with E-state index in [0.29, 0.717) is 43.5 Å². The molecule has 4 nitrogen and oxygen atoms in total. The monoisotopic (exact) mass is 525 g/mol. The first-order valence-electron chi connectivity index (χ1n) is 11.6. The molecule has 0 saturated carbocycles. The third-order valence-electron chi connectivity index (χ3n) is 6.11. The lowest BCUT2D eigenvalue weighted by molar-refractivity contribution is -0.275. The van der Waals surface area contributed by atoms with Crippen molar-refractivity contribution in [2.45, 2.75) is 38.0 Å². The van der Waals surface area contributed by atoms with Gasteiger partial charge in [0, 0.05) is 25.9 Å². The van der Waals surface area contributed by atoms with Crippen LogP contribution in [0.25, 0.3) is 11.1 Å². The van der Waals surface area contributed by atoms with Crippen LogP contribution in [0.5, 0.6) is 11.5 Å². The summed E-state index contributed by atoms with van der Waals surface area (Å²) in [4.78, 5) is 2.12. The van der Waals surface area contributed by atoms with Crippen LogP contribution in [0.1, 0.15) is 30.0 Å². The molecular formula is C27H25F6NO3. The fourth-order valence-corrected chi connectivity index (χ4v) is 4.76. The molecule has 3 aromatic carbocycles. The summed E-state index contributed by atoms with van der Waals surface area (Å²) >= 11 is 0. The average molecular weight is 525 g/mol. The van der Waals surface area contributed by atoms with Gasteiger partial charge < -0.3 is 19.1 Å². The summed E-state index contributed by atoms with van der Waals surface area (Å²) < 4.78 is 90.1. The molecular weight excluding hydrogens is 500 g/mol. The maximum Gasteiger partial charge on any atom is 0.573 e. The van der Waals surface area contributed by atoms with Gasteiger partial charge in [-0.25, -0.2) is 0 Å². The van der Waals surface area contributed by atoms with E-state index in [0.717, 1.165) is 16.8 Å². The maximum absolute atomic E-state index is 12.8. The number of alkyl halides is 6. The minimum absolute atomic E-state index is 0.226. The summed E-state index contributed by atoms with van der Waals surface area (Å²) in [7, 11) is 1.59. The second-order valence-electron chi connectivity index (χ2n) is 8.59. The lowest BCUT2D eigenvalue weighted by Crippen LogP contribution is -2.34. The molecule has 0 bridgehead atoms. The summed E-state index contributed by atoms with van der Waals surface area (Å²) in [6.07, 6.45) is -7.76. The second kappa shape index (κ2) is 10.9. The van der Waals surface area contributed by atoms with Gasteiger partial charge in [-0.05, 0) is 71.8 Å². The van der Waals surface area contributed by atoms with E-state index in [4.69, 9.17) is 4.74 Å². The van der Waals surface area contributed by atoms with Crippen molar-refractivity contribution >= 4 is 5.69 Å². The zero-order valence-electron chi connectivity index (χ0n) is 19.9. The molecule has 1 unspecified atom stereocenters. The minimum Gasteiger partial charge on any atom is -0.406 e. The van der Waals surface area contributed by atoms with Crippen LogP contribution in [0, 0.1) is 0 Å². The van der Waals surface area contributed by atoms with E-state index >= 15 is 0 Å². The number of nitrogens with zero attached hydrogens (tertiary/aromatic N) is 1. The Bertz CT molecular complexity index is 1210. The van der Waals surface area contributed by atoms with Crippen LogP contribution in [0.3, 0.4) is 0 Å². The SMILES string of the molecule is COCCCN1c2cccc(-c3cccc(OC(F)(F)F)c3)c2CCC1c1cccc(OC(F)(F)F)c1. The quantitative estimate of drug-likeness (QED) is 0.223. The molecule has 0 N–H and O–H groups in total. The molecule has 1 aliphatic rings. The van der Waals surface area contributed by atoms with E-state index in [1.807, 2.05) is 18.2 Å². The summed E-state index contributed by atoms with van der Waals surface area (Å²) in [5.74, 6) is -0.599. The van der Waals surface area contributed by atoms with Crippen molar-refractivity contribution in [1.29, 1.82) is 0 Å². The van der Waals surface area contributed by atoms with Gasteiger partial charge in [0.1, 0.15) is 11.5 Å². The Morgan fingerprint density at radius 3 is 2.16 bits per heavy atom. The first kappa shape index (κ1) is 26.7. The number of halogens is 6. The summed E-state index contributed by atoms with van der Waals surface area (Å²) in [5.41, 5.74) is 3.84. The molecule has 3 aromatic rings. The maximum atomic E-state index is 12.8. The second-order valence-corrected chi connectivity index (χ2v) is 8.59. The Morgan fingerprint density at radius 1 is 0.838 bits per heavy atom. The number of rotatable bonds is 8. The van der Waals surface area contributed by atoms with Gasteiger partial charge in [-0.3, -0.25) is 0 Å². The summed E-state index contributed by atoms with van der Waals surface area (Å²) in [6, 6.07) is 17.1. The van der Waals surface area contributed by atoms with Gasteiger partial charge in [-0.2, -0.15) is 0 Å². The molecule has 0 saturated heterocycles.